The zero-order chi connectivity index (χ0) is 14.9. The maximum Gasteiger partial charge on any atom is 0.146 e. The molecule has 2 aliphatic rings. The van der Waals surface area contributed by atoms with E-state index in [9.17, 15) is 5.11 Å². The van der Waals surface area contributed by atoms with Crippen LogP contribution in [-0.4, -0.2) is 34.8 Å². The first kappa shape index (κ1) is 14.8. The minimum Gasteiger partial charge on any atom is -0.379 e. The molecule has 0 bridgehead atoms. The average molecular weight is 286 g/mol. The van der Waals surface area contributed by atoms with E-state index in [0.717, 1.165) is 37.0 Å². The highest BCUT2D eigenvalue weighted by Gasteiger charge is 2.58. The van der Waals surface area contributed by atoms with Gasteiger partial charge in [-0.15, -0.1) is 0 Å². The molecular weight excluding hydrogens is 258 g/mol. The number of rotatable bonds is 3. The van der Waals surface area contributed by atoms with Crippen molar-refractivity contribution >= 4 is 6.08 Å². The van der Waals surface area contributed by atoms with Crippen LogP contribution in [0.5, 0.6) is 0 Å². The van der Waals surface area contributed by atoms with Crippen LogP contribution in [0.2, 0.25) is 0 Å². The maximum atomic E-state index is 11.4. The zero-order valence-corrected chi connectivity index (χ0v) is 13.4. The first-order valence-electron chi connectivity index (χ1n) is 8.51. The fourth-order valence-corrected chi connectivity index (χ4v) is 4.53. The molecule has 1 heterocycles. The summed E-state index contributed by atoms with van der Waals surface area (Å²) in [5.41, 5.74) is 1.92. The third-order valence-electron chi connectivity index (χ3n) is 5.87. The lowest BCUT2D eigenvalue weighted by molar-refractivity contribution is -0.882. The Bertz CT molecular complexity index is 514. The summed E-state index contributed by atoms with van der Waals surface area (Å²) in [6.45, 7) is 7.80. The first-order valence-corrected chi connectivity index (χ1v) is 8.51. The van der Waals surface area contributed by atoms with Crippen LogP contribution in [0.3, 0.4) is 0 Å². The van der Waals surface area contributed by atoms with Crippen LogP contribution in [0.15, 0.2) is 36.0 Å². The number of aliphatic hydroxyl groups is 1. The summed E-state index contributed by atoms with van der Waals surface area (Å²) in [5, 5.41) is 11.4. The Morgan fingerprint density at radius 3 is 2.57 bits per heavy atom. The molecule has 2 nitrogen and oxygen atoms in total. The molecule has 0 aromatic heterocycles. The highest BCUT2D eigenvalue weighted by Crippen LogP contribution is 2.50. The van der Waals surface area contributed by atoms with Crippen molar-refractivity contribution in [1.82, 2.24) is 0 Å². The van der Waals surface area contributed by atoms with Crippen LogP contribution in [0.4, 0.5) is 0 Å². The average Bonchev–Trinajstić information content (AvgIpc) is 2.78. The third-order valence-corrected chi connectivity index (χ3v) is 5.87. The molecule has 0 spiro atoms. The molecule has 2 heteroatoms. The van der Waals surface area contributed by atoms with E-state index in [1.165, 1.54) is 24.1 Å². The molecule has 2 fully saturated rings. The van der Waals surface area contributed by atoms with Crippen molar-refractivity contribution in [2.75, 3.05) is 19.6 Å². The van der Waals surface area contributed by atoms with Gasteiger partial charge >= 0.3 is 0 Å². The summed E-state index contributed by atoms with van der Waals surface area (Å²) in [6, 6.07) is 10.5. The Hall–Kier alpha value is -1.12. The lowest BCUT2D eigenvalue weighted by atomic mass is 9.76. The lowest BCUT2D eigenvalue weighted by Crippen LogP contribution is -2.46. The molecule has 1 aromatic carbocycles. The molecule has 3 rings (SSSR count). The van der Waals surface area contributed by atoms with Gasteiger partial charge in [-0.2, -0.15) is 0 Å². The summed E-state index contributed by atoms with van der Waals surface area (Å²) < 4.78 is 0.968. The largest absolute Gasteiger partial charge is 0.379 e. The number of hydrogen-bond donors (Lipinski definition) is 1. The number of fused-ring (bicyclic) bond motifs is 1. The van der Waals surface area contributed by atoms with Crippen LogP contribution >= 0.6 is 0 Å². The van der Waals surface area contributed by atoms with Gasteiger partial charge in [0.15, 0.2) is 0 Å². The van der Waals surface area contributed by atoms with Gasteiger partial charge in [-0.1, -0.05) is 36.8 Å². The van der Waals surface area contributed by atoms with E-state index in [-0.39, 0.29) is 0 Å². The van der Waals surface area contributed by atoms with Crippen molar-refractivity contribution in [3.05, 3.63) is 41.6 Å². The Kier molecular flexibility index (Phi) is 3.94. The Morgan fingerprint density at radius 1 is 1.19 bits per heavy atom. The molecular formula is C19H28NO+. The highest BCUT2D eigenvalue weighted by atomic mass is 16.3. The van der Waals surface area contributed by atoms with E-state index in [0.29, 0.717) is 5.92 Å². The summed E-state index contributed by atoms with van der Waals surface area (Å²) >= 11 is 0. The van der Waals surface area contributed by atoms with Gasteiger partial charge in [-0.05, 0) is 38.7 Å². The number of benzene rings is 1. The summed E-state index contributed by atoms with van der Waals surface area (Å²) in [4.78, 5) is 0. The molecule has 1 saturated heterocycles. The minimum absolute atomic E-state index is 0.445. The lowest BCUT2D eigenvalue weighted by Gasteiger charge is -2.36. The Labute approximate surface area is 128 Å². The van der Waals surface area contributed by atoms with Crippen molar-refractivity contribution in [2.45, 2.75) is 45.1 Å². The quantitative estimate of drug-likeness (QED) is 0.838. The molecule has 0 amide bonds. The summed E-state index contributed by atoms with van der Waals surface area (Å²) in [6.07, 6.45) is 6.84. The van der Waals surface area contributed by atoms with E-state index in [4.69, 9.17) is 0 Å². The van der Waals surface area contributed by atoms with Crippen molar-refractivity contribution in [3.8, 4) is 0 Å². The topological polar surface area (TPSA) is 20.2 Å². The number of likely N-dealkylation sites (N-methyl/N-ethyl adjacent to an activating group) is 1. The van der Waals surface area contributed by atoms with Crippen molar-refractivity contribution < 1.29 is 9.59 Å². The van der Waals surface area contributed by atoms with Crippen LogP contribution in [0.25, 0.3) is 6.08 Å². The summed E-state index contributed by atoms with van der Waals surface area (Å²) in [7, 11) is 0. The van der Waals surface area contributed by atoms with E-state index < -0.39 is 5.60 Å². The van der Waals surface area contributed by atoms with Gasteiger partial charge < -0.3 is 5.11 Å². The molecule has 1 aromatic rings. The summed E-state index contributed by atoms with van der Waals surface area (Å²) in [5.74, 6) is 0.445. The van der Waals surface area contributed by atoms with Crippen molar-refractivity contribution in [1.29, 1.82) is 0 Å². The van der Waals surface area contributed by atoms with E-state index in [1.807, 2.05) is 0 Å². The second kappa shape index (κ2) is 5.58. The van der Waals surface area contributed by atoms with Crippen molar-refractivity contribution in [2.24, 2.45) is 5.92 Å². The van der Waals surface area contributed by atoms with Crippen molar-refractivity contribution in [3.63, 3.8) is 0 Å². The van der Waals surface area contributed by atoms with Crippen LogP contribution in [-0.2, 0) is 0 Å². The minimum atomic E-state index is -0.569. The second-order valence-electron chi connectivity index (χ2n) is 6.77. The predicted molar refractivity (Wildman–Crippen MR) is 87.5 cm³/mol. The molecule has 1 N–H and O–H groups in total. The smallest absolute Gasteiger partial charge is 0.146 e. The molecule has 1 saturated carbocycles. The Balaban J connectivity index is 2.09. The highest BCUT2D eigenvalue weighted by molar-refractivity contribution is 5.54. The molecule has 0 radical (unpaired) electrons. The van der Waals surface area contributed by atoms with Gasteiger partial charge in [0.1, 0.15) is 11.3 Å². The molecule has 2 atom stereocenters. The van der Waals surface area contributed by atoms with Gasteiger partial charge in [0.25, 0.3) is 0 Å². The fraction of sp³-hybridized carbons (Fsp3) is 0.579. The van der Waals surface area contributed by atoms with Crippen LogP contribution in [0.1, 0.15) is 45.1 Å². The standard InChI is InChI=1S/C19H28NO/c1-3-20(4-2)15-17-12-8-9-13-19(17,21)18(20)14-16-10-6-5-7-11-16/h5-7,10-11,14,17,21H,3-4,8-9,12-13,15H2,1-2H3/q+1/b18-14-/t17-,19-/m1/s1. The Morgan fingerprint density at radius 2 is 1.90 bits per heavy atom. The molecule has 1 aliphatic heterocycles. The molecule has 21 heavy (non-hydrogen) atoms. The van der Waals surface area contributed by atoms with Gasteiger partial charge in [0.05, 0.1) is 19.6 Å². The van der Waals surface area contributed by atoms with Gasteiger partial charge in [-0.25, -0.2) is 0 Å². The number of nitrogens with zero attached hydrogens (tertiary/aromatic N) is 1. The van der Waals surface area contributed by atoms with E-state index >= 15 is 0 Å². The first-order chi connectivity index (χ1) is 10.1. The SMILES string of the molecule is CC[N+]1(CC)C[C@H]2CCCC[C@]2(O)/C1=C/c1ccccc1. The van der Waals surface area contributed by atoms with Gasteiger partial charge in [0.2, 0.25) is 0 Å². The van der Waals surface area contributed by atoms with E-state index in [1.54, 1.807) is 0 Å². The predicted octanol–water partition coefficient (Wildman–Crippen LogP) is 3.82. The van der Waals surface area contributed by atoms with Crippen LogP contribution < -0.4 is 0 Å². The van der Waals surface area contributed by atoms with E-state index in [2.05, 4.69) is 50.3 Å². The number of likely N-dealkylation sites (tertiary alicyclic amines) is 1. The van der Waals surface area contributed by atoms with Crippen LogP contribution in [0, 0.1) is 5.92 Å². The fourth-order valence-electron chi connectivity index (χ4n) is 4.53. The molecule has 1 aliphatic carbocycles. The second-order valence-corrected chi connectivity index (χ2v) is 6.77. The number of quaternary nitrogens is 1. The zero-order valence-electron chi connectivity index (χ0n) is 13.4. The molecule has 0 unspecified atom stereocenters. The third kappa shape index (κ3) is 2.35. The van der Waals surface area contributed by atoms with Gasteiger partial charge in [0, 0.05) is 12.0 Å². The maximum absolute atomic E-state index is 11.4. The molecule has 114 valence electrons. The number of hydrogen-bond acceptors (Lipinski definition) is 1. The normalized spacial score (nSPS) is 33.1. The van der Waals surface area contributed by atoms with Gasteiger partial charge in [-0.3, -0.25) is 4.48 Å². The monoisotopic (exact) mass is 286 g/mol.